The van der Waals surface area contributed by atoms with E-state index in [2.05, 4.69) is 21.2 Å². The van der Waals surface area contributed by atoms with Crippen molar-refractivity contribution in [1.82, 2.24) is 0 Å². The van der Waals surface area contributed by atoms with E-state index in [0.717, 1.165) is 10.0 Å². The number of nitrogens with zero attached hydrogens (tertiary/aromatic N) is 1. The van der Waals surface area contributed by atoms with Crippen LogP contribution in [0.1, 0.15) is 23.0 Å². The van der Waals surface area contributed by atoms with Gasteiger partial charge in [-0.25, -0.2) is 4.79 Å². The highest BCUT2D eigenvalue weighted by Gasteiger charge is 2.24. The second-order valence-electron chi connectivity index (χ2n) is 4.93. The van der Waals surface area contributed by atoms with E-state index in [-0.39, 0.29) is 5.69 Å². The number of halogens is 1. The molecule has 1 atom stereocenters. The molecule has 0 fully saturated rings. The Bertz CT molecular complexity index is 749. The summed E-state index contributed by atoms with van der Waals surface area (Å²) in [5.74, 6) is -1.34. The third-order valence-corrected chi connectivity index (χ3v) is 3.72. The minimum atomic E-state index is -1.05. The van der Waals surface area contributed by atoms with Crippen LogP contribution in [-0.2, 0) is 9.53 Å². The topological polar surface area (TPSA) is 82.3 Å². The Morgan fingerprint density at radius 1 is 1.30 bits per heavy atom. The van der Waals surface area contributed by atoms with Crippen LogP contribution in [0.2, 0.25) is 0 Å². The van der Waals surface area contributed by atoms with Gasteiger partial charge in [-0.1, -0.05) is 6.07 Å². The fraction of sp³-hybridized carbons (Fsp3) is 0.188. The fourth-order valence-electron chi connectivity index (χ4n) is 1.82. The van der Waals surface area contributed by atoms with Gasteiger partial charge in [-0.15, -0.1) is 0 Å². The maximum Gasteiger partial charge on any atom is 0.405 e. The Labute approximate surface area is 141 Å². The van der Waals surface area contributed by atoms with Crippen molar-refractivity contribution in [3.63, 3.8) is 0 Å². The van der Waals surface area contributed by atoms with Gasteiger partial charge in [0.25, 0.3) is 5.91 Å². The van der Waals surface area contributed by atoms with Crippen LogP contribution >= 0.6 is 15.9 Å². The molecular weight excluding hydrogens is 364 g/mol. The van der Waals surface area contributed by atoms with Crippen molar-refractivity contribution >= 4 is 33.5 Å². The van der Waals surface area contributed by atoms with Crippen LogP contribution in [0.25, 0.3) is 0 Å². The van der Waals surface area contributed by atoms with Gasteiger partial charge in [0, 0.05) is 16.6 Å². The molecule has 23 heavy (non-hydrogen) atoms. The summed E-state index contributed by atoms with van der Waals surface area (Å²) < 4.78 is 6.15. The number of ether oxygens (including phenoxy) is 1. The molecule has 120 valence electrons. The quantitative estimate of drug-likeness (QED) is 0.503. The van der Waals surface area contributed by atoms with E-state index in [1.54, 1.807) is 12.1 Å². The molecule has 1 aromatic carbocycles. The summed E-state index contributed by atoms with van der Waals surface area (Å²) in [6.07, 6.45) is 0.140. The lowest BCUT2D eigenvalue weighted by molar-refractivity contribution is -0.608. The number of rotatable bonds is 4. The van der Waals surface area contributed by atoms with Crippen molar-refractivity contribution < 1.29 is 19.1 Å². The summed E-state index contributed by atoms with van der Waals surface area (Å²) in [7, 11) is 0. The minimum absolute atomic E-state index is 0.177. The summed E-state index contributed by atoms with van der Waals surface area (Å²) in [6.45, 7) is 3.37. The van der Waals surface area contributed by atoms with E-state index in [1.807, 2.05) is 19.1 Å². The molecule has 1 amide bonds. The molecule has 0 bridgehead atoms. The van der Waals surface area contributed by atoms with Gasteiger partial charge in [0.15, 0.2) is 12.3 Å². The number of nitrogens with one attached hydrogen (secondary N) is 1. The summed E-state index contributed by atoms with van der Waals surface area (Å²) >= 11 is 3.35. The van der Waals surface area contributed by atoms with E-state index < -0.39 is 18.0 Å². The maximum absolute atomic E-state index is 12.1. The molecule has 0 unspecified atom stereocenters. The molecular formula is C16H15BrN2O4. The molecule has 1 aromatic heterocycles. The summed E-state index contributed by atoms with van der Waals surface area (Å²) in [4.78, 5) is 24.0. The average Bonchev–Trinajstić information content (AvgIpc) is 2.50. The number of hydrogen-bond donors (Lipinski definition) is 1. The predicted octanol–water partition coefficient (Wildman–Crippen LogP) is 2.57. The lowest BCUT2D eigenvalue weighted by atomic mass is 10.2. The predicted molar refractivity (Wildman–Crippen MR) is 87.8 cm³/mol. The second kappa shape index (κ2) is 7.23. The average molecular weight is 379 g/mol. The van der Waals surface area contributed by atoms with Crippen LogP contribution in [0.4, 0.5) is 5.69 Å². The highest BCUT2D eigenvalue weighted by Crippen LogP contribution is 2.23. The van der Waals surface area contributed by atoms with Gasteiger partial charge >= 0.3 is 11.7 Å². The third-order valence-electron chi connectivity index (χ3n) is 3.07. The third kappa shape index (κ3) is 4.29. The highest BCUT2D eigenvalue weighted by molar-refractivity contribution is 9.10. The van der Waals surface area contributed by atoms with Crippen LogP contribution in [0.5, 0.6) is 0 Å². The van der Waals surface area contributed by atoms with Crippen molar-refractivity contribution in [1.29, 1.82) is 0 Å². The molecule has 6 nitrogen and oxygen atoms in total. The number of benzene rings is 1. The Kier molecular flexibility index (Phi) is 5.33. The van der Waals surface area contributed by atoms with Crippen molar-refractivity contribution in [2.75, 3.05) is 5.32 Å². The lowest BCUT2D eigenvalue weighted by Gasteiger charge is -2.14. The lowest BCUT2D eigenvalue weighted by Crippen LogP contribution is -2.37. The Morgan fingerprint density at radius 3 is 2.70 bits per heavy atom. The van der Waals surface area contributed by atoms with E-state index in [9.17, 15) is 14.8 Å². The first kappa shape index (κ1) is 17.0. The van der Waals surface area contributed by atoms with Crippen molar-refractivity contribution in [3.05, 3.63) is 63.5 Å². The van der Waals surface area contributed by atoms with Crippen molar-refractivity contribution in [3.8, 4) is 0 Å². The number of esters is 1. The molecule has 1 N–H and O–H groups in total. The number of carbonyl (C=O) groups is 2. The number of anilines is 1. The second-order valence-corrected chi connectivity index (χ2v) is 5.79. The number of hydrogen-bond acceptors (Lipinski definition) is 4. The maximum atomic E-state index is 12.1. The zero-order valence-corrected chi connectivity index (χ0v) is 14.2. The zero-order valence-electron chi connectivity index (χ0n) is 12.6. The molecule has 0 saturated heterocycles. The van der Waals surface area contributed by atoms with Crippen LogP contribution in [0.15, 0.2) is 47.1 Å². The summed E-state index contributed by atoms with van der Waals surface area (Å²) in [6, 6.07) is 9.82. The first-order valence-corrected chi connectivity index (χ1v) is 7.64. The molecule has 0 aliphatic heterocycles. The van der Waals surface area contributed by atoms with E-state index in [4.69, 9.17) is 4.74 Å². The molecule has 0 aliphatic rings. The molecule has 7 heteroatoms. The van der Waals surface area contributed by atoms with Crippen LogP contribution in [0.3, 0.4) is 0 Å². The summed E-state index contributed by atoms with van der Waals surface area (Å²) in [5, 5.41) is 14.1. The standard InChI is InChI=1S/C16H15BrN2O4/c1-10-6-7-13(12(17)9-10)18-15(20)11(2)23-16(21)14-5-3-4-8-19(14)22/h3-9,11H,1-2H3,(H,18,20)/t11-/m1/s1. The number of aryl methyl sites for hydroxylation is 1. The number of amides is 1. The minimum Gasteiger partial charge on any atom is -0.618 e. The molecule has 2 aromatic rings. The normalized spacial score (nSPS) is 11.6. The van der Waals surface area contributed by atoms with E-state index in [0.29, 0.717) is 10.4 Å². The molecule has 0 spiro atoms. The monoisotopic (exact) mass is 378 g/mol. The van der Waals surface area contributed by atoms with Crippen LogP contribution in [-0.4, -0.2) is 18.0 Å². The summed E-state index contributed by atoms with van der Waals surface area (Å²) in [5.41, 5.74) is 1.43. The molecule has 0 saturated carbocycles. The molecule has 0 aliphatic carbocycles. The molecule has 2 rings (SSSR count). The number of aromatic nitrogens is 1. The fourth-order valence-corrected chi connectivity index (χ4v) is 2.41. The van der Waals surface area contributed by atoms with Crippen molar-refractivity contribution in [2.45, 2.75) is 20.0 Å². The highest BCUT2D eigenvalue weighted by atomic mass is 79.9. The SMILES string of the molecule is Cc1ccc(NC(=O)[C@@H](C)OC(=O)c2cccc[n+]2[O-])c(Br)c1. The first-order chi connectivity index (χ1) is 10.9. The van der Waals surface area contributed by atoms with Gasteiger partial charge in [-0.3, -0.25) is 4.79 Å². The van der Waals surface area contributed by atoms with Crippen LogP contribution in [0, 0.1) is 12.1 Å². The van der Waals surface area contributed by atoms with Gasteiger partial charge < -0.3 is 15.3 Å². The Hall–Kier alpha value is -2.41. The smallest absolute Gasteiger partial charge is 0.405 e. The van der Waals surface area contributed by atoms with Gasteiger partial charge in [-0.2, -0.15) is 4.73 Å². The van der Waals surface area contributed by atoms with Gasteiger partial charge in [0.05, 0.1) is 5.69 Å². The van der Waals surface area contributed by atoms with Crippen LogP contribution < -0.4 is 10.0 Å². The first-order valence-electron chi connectivity index (χ1n) is 6.84. The zero-order chi connectivity index (χ0) is 17.0. The number of pyridine rings is 1. The molecule has 1 heterocycles. The van der Waals surface area contributed by atoms with Gasteiger partial charge in [0.2, 0.25) is 0 Å². The Balaban J connectivity index is 2.03. The van der Waals surface area contributed by atoms with E-state index >= 15 is 0 Å². The molecule has 0 radical (unpaired) electrons. The van der Waals surface area contributed by atoms with Crippen molar-refractivity contribution in [2.24, 2.45) is 0 Å². The van der Waals surface area contributed by atoms with E-state index in [1.165, 1.54) is 25.3 Å². The Morgan fingerprint density at radius 2 is 2.04 bits per heavy atom. The largest absolute Gasteiger partial charge is 0.618 e. The van der Waals surface area contributed by atoms with Gasteiger partial charge in [0.1, 0.15) is 0 Å². The van der Waals surface area contributed by atoms with Gasteiger partial charge in [-0.05, 0) is 53.5 Å². The number of carbonyl (C=O) groups excluding carboxylic acids is 2.